The van der Waals surface area contributed by atoms with Crippen molar-refractivity contribution in [2.24, 2.45) is 50.1 Å². The monoisotopic (exact) mass is 1050 g/mol. The van der Waals surface area contributed by atoms with E-state index in [-0.39, 0.29) is 81.6 Å². The molecule has 0 spiro atoms. The molecule has 8 atom stereocenters. The van der Waals surface area contributed by atoms with E-state index in [4.69, 9.17) is 50.0 Å². The fourth-order valence-electron chi connectivity index (χ4n) is 5.75. The van der Waals surface area contributed by atoms with Crippen LogP contribution in [0.5, 0.6) is 0 Å². The van der Waals surface area contributed by atoms with Crippen molar-refractivity contribution >= 4 is 98.6 Å². The molecule has 71 heavy (non-hydrogen) atoms. The number of nitrogens with one attached hydrogen (secondary N) is 8. The number of carbonyl (C=O) groups is 11. The molecule has 0 bridgehead atoms. The Labute approximate surface area is 416 Å². The average molecular weight is 1050 g/mol. The van der Waals surface area contributed by atoms with Gasteiger partial charge in [-0.1, -0.05) is 21.6 Å². The van der Waals surface area contributed by atoms with E-state index in [1.54, 1.807) is 0 Å². The molecule has 9 amide bonds. The lowest BCUT2D eigenvalue weighted by molar-refractivity contribution is -0.141. The second-order valence-corrected chi connectivity index (χ2v) is 18.0. The Kier molecular flexibility index (Phi) is 32.1. The molecule has 31 nitrogen and oxygen atoms in total. The van der Waals surface area contributed by atoms with E-state index in [0.717, 1.165) is 35.4 Å². The Hall–Kier alpha value is -6.71. The normalized spacial score (nSPS) is 23.4. The summed E-state index contributed by atoms with van der Waals surface area (Å²) in [5.41, 5.74) is 38.6. The molecule has 1 aliphatic heterocycles. The molecule has 0 aromatic rings. The molecular weight excluding hydrogens is 983 g/mol. The summed E-state index contributed by atoms with van der Waals surface area (Å²) >= 11 is 0. The van der Waals surface area contributed by atoms with E-state index < -0.39 is 133 Å². The van der Waals surface area contributed by atoms with Crippen molar-refractivity contribution in [3.8, 4) is 0 Å². The van der Waals surface area contributed by atoms with Gasteiger partial charge in [-0.2, -0.15) is 0 Å². The van der Waals surface area contributed by atoms with Crippen molar-refractivity contribution in [1.82, 2.24) is 42.5 Å². The lowest BCUT2D eigenvalue weighted by Gasteiger charge is -2.28. The van der Waals surface area contributed by atoms with Crippen molar-refractivity contribution in [3.05, 3.63) is 0 Å². The summed E-state index contributed by atoms with van der Waals surface area (Å²) in [5.74, 6) is -11.9. The third kappa shape index (κ3) is 29.8. The fourth-order valence-corrected chi connectivity index (χ4v) is 8.03. The largest absolute Gasteiger partial charge is 0.481 e. The van der Waals surface area contributed by atoms with Crippen LogP contribution < -0.4 is 82.7 Å². The number of hydrogen-bond donors (Lipinski definition) is 18. The minimum atomic E-state index is -1.78. The summed E-state index contributed by atoms with van der Waals surface area (Å²) in [6.45, 7) is 0.935. The predicted octanol–water partition coefficient (Wildman–Crippen LogP) is -8.48. The van der Waals surface area contributed by atoms with Crippen LogP contribution in [0.2, 0.25) is 0 Å². The molecule has 0 aromatic carbocycles. The summed E-state index contributed by atoms with van der Waals surface area (Å²) in [5, 5.41) is 46.7. The third-order valence-electron chi connectivity index (χ3n) is 9.24. The lowest BCUT2D eigenvalue weighted by Crippen LogP contribution is -2.61. The molecule has 0 radical (unpaired) electrons. The van der Waals surface area contributed by atoms with E-state index >= 15 is 0 Å². The van der Waals surface area contributed by atoms with Crippen molar-refractivity contribution in [3.63, 3.8) is 0 Å². The van der Waals surface area contributed by atoms with Crippen molar-refractivity contribution in [1.29, 1.82) is 0 Å². The molecular formula is C38H69N17O14S2. The molecule has 3 unspecified atom stereocenters. The first-order chi connectivity index (χ1) is 33.3. The smallest absolute Gasteiger partial charge is 0.327 e. The van der Waals surface area contributed by atoms with Crippen LogP contribution in [0.4, 0.5) is 0 Å². The molecule has 0 saturated carbocycles. The summed E-state index contributed by atoms with van der Waals surface area (Å²) in [7, 11) is 1.90. The van der Waals surface area contributed by atoms with Crippen molar-refractivity contribution in [2.75, 3.05) is 44.2 Å². The number of hydrogen-bond acceptors (Lipinski definition) is 18. The van der Waals surface area contributed by atoms with Crippen LogP contribution in [0, 0.1) is 0 Å². The Bertz CT molecular complexity index is 1890. The number of carboxylic acid groups (broad SMARTS) is 2. The highest BCUT2D eigenvalue weighted by Crippen LogP contribution is 2.22. The summed E-state index contributed by atoms with van der Waals surface area (Å²) < 4.78 is 0. The maximum Gasteiger partial charge on any atom is 0.327 e. The van der Waals surface area contributed by atoms with Crippen LogP contribution >= 0.6 is 21.6 Å². The molecule has 0 aromatic heterocycles. The number of aliphatic carboxylic acids is 2. The first kappa shape index (κ1) is 64.3. The molecule has 402 valence electrons. The van der Waals surface area contributed by atoms with Gasteiger partial charge in [0.05, 0.1) is 31.7 Å². The number of primary amides is 1. The maximum absolute atomic E-state index is 13.9. The quantitative estimate of drug-likeness (QED) is 0.0295. The molecule has 33 heteroatoms. The van der Waals surface area contributed by atoms with Gasteiger partial charge in [0, 0.05) is 31.5 Å². The van der Waals surface area contributed by atoms with Gasteiger partial charge in [0.15, 0.2) is 11.9 Å². The number of unbranched alkanes of at least 4 members (excludes halogenated alkanes) is 1. The zero-order valence-electron chi connectivity index (χ0n) is 39.3. The van der Waals surface area contributed by atoms with Gasteiger partial charge < -0.3 is 98.0 Å². The van der Waals surface area contributed by atoms with E-state index in [1.807, 2.05) is 0 Å². The highest BCUT2D eigenvalue weighted by molar-refractivity contribution is 8.76. The van der Waals surface area contributed by atoms with E-state index in [1.165, 1.54) is 0 Å². The number of aliphatic hydroxyl groups excluding tert-OH is 1. The summed E-state index contributed by atoms with van der Waals surface area (Å²) in [6, 6.07) is -10.5. The molecule has 1 fully saturated rings. The summed E-state index contributed by atoms with van der Waals surface area (Å²) in [6.07, 6.45) is -1.95. The summed E-state index contributed by atoms with van der Waals surface area (Å²) in [4.78, 5) is 148. The molecule has 1 aliphatic rings. The first-order valence-corrected chi connectivity index (χ1v) is 24.3. The van der Waals surface area contributed by atoms with Gasteiger partial charge >= 0.3 is 5.97 Å². The third-order valence-corrected chi connectivity index (χ3v) is 11.7. The van der Waals surface area contributed by atoms with Gasteiger partial charge in [-0.25, -0.2) is 4.79 Å². The Morgan fingerprint density at radius 3 is 1.54 bits per heavy atom. The minimum absolute atomic E-state index is 0.0000806. The number of rotatable bonds is 16. The molecule has 25 N–H and O–H groups in total. The van der Waals surface area contributed by atoms with E-state index in [9.17, 15) is 58.2 Å². The van der Waals surface area contributed by atoms with Gasteiger partial charge in [0.1, 0.15) is 36.3 Å². The minimum Gasteiger partial charge on any atom is -0.481 e. The van der Waals surface area contributed by atoms with Crippen LogP contribution in [0.1, 0.15) is 65.2 Å². The van der Waals surface area contributed by atoms with Crippen LogP contribution in [-0.2, 0) is 52.7 Å². The van der Waals surface area contributed by atoms with Crippen LogP contribution in [-0.4, -0.2) is 185 Å². The predicted molar refractivity (Wildman–Crippen MR) is 260 cm³/mol. The average Bonchev–Trinajstić information content (AvgIpc) is 3.27. The molecule has 1 saturated heterocycles. The van der Waals surface area contributed by atoms with Gasteiger partial charge in [-0.3, -0.25) is 57.9 Å². The molecule has 1 rings (SSSR count). The topological polar surface area (TPSA) is 552 Å². The maximum atomic E-state index is 13.9. The van der Waals surface area contributed by atoms with Crippen LogP contribution in [0.25, 0.3) is 0 Å². The zero-order valence-corrected chi connectivity index (χ0v) is 40.9. The van der Waals surface area contributed by atoms with Crippen molar-refractivity contribution in [2.45, 2.75) is 114 Å². The van der Waals surface area contributed by atoms with Crippen LogP contribution in [0.15, 0.2) is 9.98 Å². The zero-order chi connectivity index (χ0) is 54.2. The highest BCUT2D eigenvalue weighted by Gasteiger charge is 2.35. The highest BCUT2D eigenvalue weighted by atomic mass is 33.1. The van der Waals surface area contributed by atoms with Crippen LogP contribution in [0.3, 0.4) is 0 Å². The number of amides is 9. The SMILES string of the molecule is CC(=O)O.C[C@@H](O)[C@@H]1NC(=O)[C@H](CCCN=C(N)N)NC(=O)[C@H](CCCCN)NC(=O)C(CC(N)=O)NC(=O)CNC(=O)[C@@H](N)CSSCC(C(=O)O)NC(=O)CNC(=O)C(CCCN=C(N)N)NC1=O. The standard InChI is InChI=1S/C36H65N17O12S2.C2H4O2/c1-17(54)27-33(63)52-19(7-4-10-44-35(40)41)29(59)47-14-26(57)49-23(34(64)65)16-67-66-15-18(38)28(58)46-13-25(56)48-22(12-24(39)55)32(62)51-20(6-2-3-9-37)30(60)50-21(31(61)53-27)8-5-11-45-36(42)43;1-2(3)4/h17-23,27,54H,2-16,37-38H2,1H3,(H2,39,55)(H,46,58)(H,47,59)(H,48,56)(H,49,57)(H,50,60)(H,51,62)(H,52,63)(H,53,61)(H,64,65)(H4,40,41,44)(H4,42,43,45);1H3,(H,3,4)/t17-,18+,19?,20+,21+,22?,23?,27+;/m1./s1. The van der Waals surface area contributed by atoms with E-state index in [2.05, 4.69) is 52.5 Å². The van der Waals surface area contributed by atoms with Crippen molar-refractivity contribution < 1.29 is 68.1 Å². The number of nitrogens with two attached hydrogens (primary N) is 7. The number of aliphatic hydroxyl groups is 1. The second kappa shape index (κ2) is 35.4. The number of carbonyl (C=O) groups excluding carboxylic acids is 9. The number of aliphatic imine (C=N–C) groups is 2. The molecule has 0 aliphatic carbocycles. The Morgan fingerprint density at radius 1 is 0.620 bits per heavy atom. The lowest BCUT2D eigenvalue weighted by atomic mass is 10.0. The second-order valence-electron chi connectivity index (χ2n) is 15.5. The van der Waals surface area contributed by atoms with Gasteiger partial charge in [0.2, 0.25) is 53.2 Å². The number of guanidine groups is 2. The van der Waals surface area contributed by atoms with Gasteiger partial charge in [-0.15, -0.1) is 0 Å². The Balaban J connectivity index is 0.0000118. The van der Waals surface area contributed by atoms with E-state index in [0.29, 0.717) is 6.42 Å². The number of nitrogens with zero attached hydrogens (tertiary/aromatic N) is 2. The Morgan fingerprint density at radius 2 is 1.06 bits per heavy atom. The fraction of sp³-hybridized carbons (Fsp3) is 0.658. The molecule has 1 heterocycles. The van der Waals surface area contributed by atoms with Gasteiger partial charge in [-0.05, 0) is 58.4 Å². The first-order valence-electron chi connectivity index (χ1n) is 21.8. The number of carboxylic acids is 2. The van der Waals surface area contributed by atoms with Gasteiger partial charge in [0.25, 0.3) is 5.97 Å².